The van der Waals surface area contributed by atoms with Crippen molar-refractivity contribution in [1.82, 2.24) is 19.7 Å². The zero-order chi connectivity index (χ0) is 17.2. The van der Waals surface area contributed by atoms with Gasteiger partial charge in [0.2, 0.25) is 0 Å². The number of imidazole rings is 1. The molecule has 7 nitrogen and oxygen atoms in total. The summed E-state index contributed by atoms with van der Waals surface area (Å²) in [6, 6.07) is 7.88. The third kappa shape index (κ3) is 3.06. The van der Waals surface area contributed by atoms with Gasteiger partial charge in [0.25, 0.3) is 5.91 Å². The standard InChI is InChI=1S/C18H20N6O/c19-18(25)15-3-1-2-4-16(15)23-7-5-13(12-23)21-9-14-10-22-17-11-20-6-8-24(14)17/h1-4,6,8,10-11,13,21H,5,7,9,12H2,(H2,19,25). The second-order valence-electron chi connectivity index (χ2n) is 6.25. The number of rotatable bonds is 5. The van der Waals surface area contributed by atoms with Crippen molar-refractivity contribution in [3.63, 3.8) is 0 Å². The van der Waals surface area contributed by atoms with Crippen LogP contribution in [-0.4, -0.2) is 39.4 Å². The maximum Gasteiger partial charge on any atom is 0.250 e. The molecule has 0 spiro atoms. The van der Waals surface area contributed by atoms with Gasteiger partial charge in [0, 0.05) is 43.8 Å². The predicted molar refractivity (Wildman–Crippen MR) is 95.4 cm³/mol. The van der Waals surface area contributed by atoms with Gasteiger partial charge in [0.1, 0.15) is 0 Å². The lowest BCUT2D eigenvalue weighted by atomic mass is 10.1. The van der Waals surface area contributed by atoms with Crippen molar-refractivity contribution in [3.05, 3.63) is 60.3 Å². The lowest BCUT2D eigenvalue weighted by molar-refractivity contribution is 0.100. The third-order valence-electron chi connectivity index (χ3n) is 4.66. The molecule has 0 radical (unpaired) electrons. The number of carbonyl (C=O) groups excluding carboxylic acids is 1. The summed E-state index contributed by atoms with van der Waals surface area (Å²) in [5, 5.41) is 3.59. The first-order valence-electron chi connectivity index (χ1n) is 8.35. The van der Waals surface area contributed by atoms with Gasteiger partial charge < -0.3 is 16.0 Å². The highest BCUT2D eigenvalue weighted by Crippen LogP contribution is 2.24. The maximum atomic E-state index is 11.6. The Morgan fingerprint density at radius 1 is 1.32 bits per heavy atom. The summed E-state index contributed by atoms with van der Waals surface area (Å²) < 4.78 is 2.04. The number of carbonyl (C=O) groups is 1. The highest BCUT2D eigenvalue weighted by molar-refractivity contribution is 5.98. The smallest absolute Gasteiger partial charge is 0.250 e. The number of amides is 1. The number of fused-ring (bicyclic) bond motifs is 1. The number of para-hydroxylation sites is 1. The van der Waals surface area contributed by atoms with Crippen LogP contribution in [-0.2, 0) is 6.54 Å². The predicted octanol–water partition coefficient (Wildman–Crippen LogP) is 1.20. The Kier molecular flexibility index (Phi) is 4.07. The van der Waals surface area contributed by atoms with Crippen LogP contribution in [0, 0.1) is 0 Å². The van der Waals surface area contributed by atoms with E-state index >= 15 is 0 Å². The number of nitrogens with one attached hydrogen (secondary N) is 1. The molecular weight excluding hydrogens is 316 g/mol. The summed E-state index contributed by atoms with van der Waals surface area (Å²) in [4.78, 5) is 22.3. The molecule has 1 fully saturated rings. The van der Waals surface area contributed by atoms with Crippen molar-refractivity contribution in [2.75, 3.05) is 18.0 Å². The molecule has 3 aromatic rings. The molecule has 1 saturated heterocycles. The third-order valence-corrected chi connectivity index (χ3v) is 4.66. The van der Waals surface area contributed by atoms with Crippen molar-refractivity contribution in [2.45, 2.75) is 19.0 Å². The van der Waals surface area contributed by atoms with Gasteiger partial charge in [-0.15, -0.1) is 0 Å². The second kappa shape index (κ2) is 6.52. The normalized spacial score (nSPS) is 17.3. The minimum atomic E-state index is -0.383. The van der Waals surface area contributed by atoms with Crippen LogP contribution in [0.4, 0.5) is 5.69 Å². The minimum absolute atomic E-state index is 0.355. The van der Waals surface area contributed by atoms with E-state index in [-0.39, 0.29) is 5.91 Å². The Morgan fingerprint density at radius 2 is 2.20 bits per heavy atom. The van der Waals surface area contributed by atoms with Gasteiger partial charge in [-0.2, -0.15) is 0 Å². The number of primary amides is 1. The fraction of sp³-hybridized carbons (Fsp3) is 0.278. The molecule has 1 atom stereocenters. The van der Waals surface area contributed by atoms with Crippen molar-refractivity contribution in [2.24, 2.45) is 5.73 Å². The van der Waals surface area contributed by atoms with Gasteiger partial charge in [-0.25, -0.2) is 4.98 Å². The zero-order valence-electron chi connectivity index (χ0n) is 13.8. The largest absolute Gasteiger partial charge is 0.369 e. The average molecular weight is 336 g/mol. The molecule has 0 aliphatic carbocycles. The number of anilines is 1. The summed E-state index contributed by atoms with van der Waals surface area (Å²) in [5.74, 6) is -0.383. The molecule has 1 aromatic carbocycles. The average Bonchev–Trinajstić information content (AvgIpc) is 3.27. The molecule has 4 rings (SSSR count). The number of nitrogens with zero attached hydrogens (tertiary/aromatic N) is 4. The summed E-state index contributed by atoms with van der Waals surface area (Å²) in [6.45, 7) is 2.49. The Hall–Kier alpha value is -2.93. The fourth-order valence-corrected chi connectivity index (χ4v) is 3.38. The highest BCUT2D eigenvalue weighted by atomic mass is 16.1. The van der Waals surface area contributed by atoms with E-state index in [0.29, 0.717) is 11.6 Å². The Balaban J connectivity index is 1.42. The molecule has 7 heteroatoms. The molecule has 1 aliphatic rings. The van der Waals surface area contributed by atoms with E-state index in [0.717, 1.165) is 43.1 Å². The van der Waals surface area contributed by atoms with Crippen LogP contribution in [0.3, 0.4) is 0 Å². The first-order valence-corrected chi connectivity index (χ1v) is 8.35. The molecule has 1 aliphatic heterocycles. The van der Waals surface area contributed by atoms with E-state index in [2.05, 4.69) is 20.2 Å². The number of hydrogen-bond donors (Lipinski definition) is 2. The van der Waals surface area contributed by atoms with Crippen LogP contribution in [0.1, 0.15) is 22.5 Å². The Bertz CT molecular complexity index is 905. The summed E-state index contributed by atoms with van der Waals surface area (Å²) in [5.41, 5.74) is 8.95. The van der Waals surface area contributed by atoms with Gasteiger partial charge in [-0.1, -0.05) is 12.1 Å². The molecular formula is C18H20N6O. The van der Waals surface area contributed by atoms with Crippen molar-refractivity contribution < 1.29 is 4.79 Å². The van der Waals surface area contributed by atoms with Crippen LogP contribution in [0.5, 0.6) is 0 Å². The van der Waals surface area contributed by atoms with Gasteiger partial charge in [0.05, 0.1) is 23.7 Å². The Morgan fingerprint density at radius 3 is 3.08 bits per heavy atom. The van der Waals surface area contributed by atoms with E-state index in [9.17, 15) is 4.79 Å². The monoisotopic (exact) mass is 336 g/mol. The van der Waals surface area contributed by atoms with Crippen molar-refractivity contribution in [1.29, 1.82) is 0 Å². The van der Waals surface area contributed by atoms with Gasteiger partial charge in [-0.3, -0.25) is 14.2 Å². The lowest BCUT2D eigenvalue weighted by Crippen LogP contribution is -2.33. The highest BCUT2D eigenvalue weighted by Gasteiger charge is 2.25. The van der Waals surface area contributed by atoms with Crippen molar-refractivity contribution >= 4 is 17.2 Å². The number of nitrogens with two attached hydrogens (primary N) is 1. The van der Waals surface area contributed by atoms with E-state index in [1.807, 2.05) is 35.0 Å². The summed E-state index contributed by atoms with van der Waals surface area (Å²) in [7, 11) is 0. The second-order valence-corrected chi connectivity index (χ2v) is 6.25. The van der Waals surface area contributed by atoms with Crippen LogP contribution in [0.2, 0.25) is 0 Å². The van der Waals surface area contributed by atoms with E-state index in [1.165, 1.54) is 0 Å². The van der Waals surface area contributed by atoms with Crippen molar-refractivity contribution in [3.8, 4) is 0 Å². The number of aromatic nitrogens is 3. The summed E-state index contributed by atoms with van der Waals surface area (Å²) >= 11 is 0. The quantitative estimate of drug-likeness (QED) is 0.731. The molecule has 3 N–H and O–H groups in total. The first kappa shape index (κ1) is 15.6. The summed E-state index contributed by atoms with van der Waals surface area (Å²) in [6.07, 6.45) is 8.33. The van der Waals surface area contributed by atoms with E-state index < -0.39 is 0 Å². The van der Waals surface area contributed by atoms with Crippen LogP contribution >= 0.6 is 0 Å². The first-order chi connectivity index (χ1) is 12.2. The molecule has 25 heavy (non-hydrogen) atoms. The molecule has 128 valence electrons. The van der Waals surface area contributed by atoms with Crippen LogP contribution in [0.25, 0.3) is 5.65 Å². The molecule has 1 unspecified atom stereocenters. The number of hydrogen-bond acceptors (Lipinski definition) is 5. The molecule has 1 amide bonds. The fourth-order valence-electron chi connectivity index (χ4n) is 3.38. The van der Waals surface area contributed by atoms with E-state index in [1.54, 1.807) is 18.5 Å². The van der Waals surface area contributed by atoms with Gasteiger partial charge in [-0.05, 0) is 18.6 Å². The van der Waals surface area contributed by atoms with Gasteiger partial charge >= 0.3 is 0 Å². The molecule has 2 aromatic heterocycles. The lowest BCUT2D eigenvalue weighted by Gasteiger charge is -2.21. The van der Waals surface area contributed by atoms with Crippen LogP contribution in [0.15, 0.2) is 49.1 Å². The Labute approximate surface area is 145 Å². The molecule has 0 bridgehead atoms. The van der Waals surface area contributed by atoms with E-state index in [4.69, 9.17) is 5.73 Å². The molecule has 3 heterocycles. The topological polar surface area (TPSA) is 88.5 Å². The SMILES string of the molecule is NC(=O)c1ccccc1N1CCC(NCc2cnc3cnccn23)C1. The minimum Gasteiger partial charge on any atom is -0.369 e. The van der Waals surface area contributed by atoms with Gasteiger partial charge in [0.15, 0.2) is 5.65 Å². The zero-order valence-corrected chi connectivity index (χ0v) is 13.8. The van der Waals surface area contributed by atoms with Crippen LogP contribution < -0.4 is 16.0 Å². The molecule has 0 saturated carbocycles. The number of benzene rings is 1. The maximum absolute atomic E-state index is 11.6.